The van der Waals surface area contributed by atoms with Gasteiger partial charge in [0.05, 0.1) is 22.9 Å². The van der Waals surface area contributed by atoms with Gasteiger partial charge in [-0.15, -0.1) is 0 Å². The number of fused-ring (bicyclic) bond motifs is 1. The van der Waals surface area contributed by atoms with Crippen LogP contribution in [-0.2, 0) is 30.1 Å². The Morgan fingerprint density at radius 2 is 1.66 bits per heavy atom. The number of ether oxygens (including phenoxy) is 1. The van der Waals surface area contributed by atoms with Crippen molar-refractivity contribution in [2.75, 3.05) is 11.9 Å². The standard InChI is InChI=1S/C35H48BN5O6/c1-33(2,3)45-32(44)37-20-23-8-12-24(13-9-23)30(42)40-29(31(43)39-27-17-14-25-21-38-41-28(25)19-27)18-22-10-15-26(16-11-22)36-46-34(4,5)35(6,7)47-36/h10-11,14-17,19,21,23-24,29H,8-9,12-13,18,20H2,1-7H3,(H,37,44)(H,38,41)(H,39,43)(H,40,42)/t23?,24?,29-/m0/s1. The van der Waals surface area contributed by atoms with Gasteiger partial charge in [0, 0.05) is 30.0 Å². The average molecular weight is 646 g/mol. The number of anilines is 1. The molecular weight excluding hydrogens is 597 g/mol. The summed E-state index contributed by atoms with van der Waals surface area (Å²) in [6.45, 7) is 14.1. The van der Waals surface area contributed by atoms with E-state index in [4.69, 9.17) is 14.0 Å². The highest BCUT2D eigenvalue weighted by Crippen LogP contribution is 2.36. The SMILES string of the molecule is CC(C)(C)OC(=O)NCC1CCC(C(=O)N[C@@H](Cc2ccc(B3OC(C)(C)C(C)(C)O3)cc2)C(=O)Nc2ccc3cn[nH]c3c2)CC1. The van der Waals surface area contributed by atoms with Crippen molar-refractivity contribution in [1.82, 2.24) is 20.8 Å². The van der Waals surface area contributed by atoms with Crippen LogP contribution in [0.25, 0.3) is 10.9 Å². The van der Waals surface area contributed by atoms with Gasteiger partial charge in [-0.1, -0.05) is 24.3 Å². The van der Waals surface area contributed by atoms with Crippen molar-refractivity contribution < 1.29 is 28.4 Å². The van der Waals surface area contributed by atoms with Gasteiger partial charge in [0.2, 0.25) is 11.8 Å². The molecule has 1 aliphatic heterocycles. The van der Waals surface area contributed by atoms with Crippen molar-refractivity contribution in [1.29, 1.82) is 0 Å². The minimum absolute atomic E-state index is 0.137. The van der Waals surface area contributed by atoms with Gasteiger partial charge < -0.3 is 30.0 Å². The molecule has 11 nitrogen and oxygen atoms in total. The smallest absolute Gasteiger partial charge is 0.444 e. The largest absolute Gasteiger partial charge is 0.494 e. The Balaban J connectivity index is 1.23. The molecule has 2 aliphatic rings. The van der Waals surface area contributed by atoms with Crippen molar-refractivity contribution in [2.24, 2.45) is 11.8 Å². The molecule has 252 valence electrons. The number of hydrogen-bond acceptors (Lipinski definition) is 7. The van der Waals surface area contributed by atoms with Gasteiger partial charge in [-0.3, -0.25) is 14.7 Å². The first-order valence-electron chi connectivity index (χ1n) is 16.5. The van der Waals surface area contributed by atoms with Gasteiger partial charge in [0.1, 0.15) is 11.6 Å². The van der Waals surface area contributed by atoms with Gasteiger partial charge in [0.15, 0.2) is 0 Å². The van der Waals surface area contributed by atoms with Crippen molar-refractivity contribution in [3.63, 3.8) is 0 Å². The number of carbonyl (C=O) groups is 3. The van der Waals surface area contributed by atoms with Crippen LogP contribution in [0.3, 0.4) is 0 Å². The molecule has 2 aromatic carbocycles. The van der Waals surface area contributed by atoms with Crippen LogP contribution in [0, 0.1) is 11.8 Å². The summed E-state index contributed by atoms with van der Waals surface area (Å²) in [5, 5.41) is 16.8. The van der Waals surface area contributed by atoms with Crippen LogP contribution in [0.1, 0.15) is 79.7 Å². The lowest BCUT2D eigenvalue weighted by molar-refractivity contribution is -0.130. The summed E-state index contributed by atoms with van der Waals surface area (Å²) in [5.74, 6) is -0.384. The fraction of sp³-hybridized carbons (Fsp3) is 0.543. The molecule has 0 bridgehead atoms. The van der Waals surface area contributed by atoms with Crippen LogP contribution in [0.5, 0.6) is 0 Å². The molecule has 12 heteroatoms. The minimum Gasteiger partial charge on any atom is -0.444 e. The summed E-state index contributed by atoms with van der Waals surface area (Å²) in [6.07, 6.45) is 4.56. The normalized spacial score (nSPS) is 21.2. The molecule has 2 heterocycles. The summed E-state index contributed by atoms with van der Waals surface area (Å²) < 4.78 is 17.7. The monoisotopic (exact) mass is 645 g/mol. The lowest BCUT2D eigenvalue weighted by Gasteiger charge is -2.32. The van der Waals surface area contributed by atoms with Crippen molar-refractivity contribution in [3.8, 4) is 0 Å². The number of alkyl carbamates (subject to hydrolysis) is 1. The van der Waals surface area contributed by atoms with Gasteiger partial charge >= 0.3 is 13.2 Å². The predicted octanol–water partition coefficient (Wildman–Crippen LogP) is 4.86. The van der Waals surface area contributed by atoms with E-state index < -0.39 is 36.1 Å². The molecule has 0 spiro atoms. The van der Waals surface area contributed by atoms with E-state index in [9.17, 15) is 14.4 Å². The van der Waals surface area contributed by atoms with Crippen molar-refractivity contribution in [2.45, 2.75) is 103 Å². The van der Waals surface area contributed by atoms with E-state index in [0.717, 1.165) is 34.8 Å². The number of hydrogen-bond donors (Lipinski definition) is 4. The van der Waals surface area contributed by atoms with Gasteiger partial charge in [-0.25, -0.2) is 4.79 Å². The molecule has 3 amide bonds. The second-order valence-corrected chi connectivity index (χ2v) is 14.9. The maximum absolute atomic E-state index is 13.7. The number of amides is 3. The molecule has 3 aromatic rings. The zero-order valence-corrected chi connectivity index (χ0v) is 28.6. The van der Waals surface area contributed by atoms with E-state index in [1.807, 2.05) is 90.9 Å². The molecule has 1 aromatic heterocycles. The van der Waals surface area contributed by atoms with Crippen molar-refractivity contribution >= 4 is 47.1 Å². The number of nitrogens with zero attached hydrogens (tertiary/aromatic N) is 1. The van der Waals surface area contributed by atoms with Gasteiger partial charge in [-0.2, -0.15) is 5.10 Å². The molecule has 0 radical (unpaired) electrons. The fourth-order valence-corrected chi connectivity index (χ4v) is 5.94. The Hall–Kier alpha value is -3.90. The zero-order chi connectivity index (χ0) is 34.0. The third kappa shape index (κ3) is 8.72. The van der Waals surface area contributed by atoms with E-state index in [1.165, 1.54) is 0 Å². The highest BCUT2D eigenvalue weighted by atomic mass is 16.7. The topological polar surface area (TPSA) is 144 Å². The van der Waals surface area contributed by atoms with Crippen LogP contribution in [-0.4, -0.2) is 64.6 Å². The Labute approximate surface area is 277 Å². The van der Waals surface area contributed by atoms with Crippen LogP contribution < -0.4 is 21.4 Å². The maximum Gasteiger partial charge on any atom is 0.494 e. The van der Waals surface area contributed by atoms with Crippen LogP contribution in [0.15, 0.2) is 48.7 Å². The first-order chi connectivity index (χ1) is 22.1. The lowest BCUT2D eigenvalue weighted by atomic mass is 9.78. The Bertz CT molecular complexity index is 1560. The Morgan fingerprint density at radius 1 is 1.00 bits per heavy atom. The second-order valence-electron chi connectivity index (χ2n) is 14.9. The molecular formula is C35H48BN5O6. The number of benzene rings is 2. The zero-order valence-electron chi connectivity index (χ0n) is 28.6. The number of H-pyrrole nitrogens is 1. The highest BCUT2D eigenvalue weighted by Gasteiger charge is 2.51. The minimum atomic E-state index is -0.797. The first-order valence-corrected chi connectivity index (χ1v) is 16.5. The summed E-state index contributed by atoms with van der Waals surface area (Å²) in [5.41, 5.74) is 1.76. The summed E-state index contributed by atoms with van der Waals surface area (Å²) >= 11 is 0. The lowest BCUT2D eigenvalue weighted by Crippen LogP contribution is -2.48. The molecule has 5 rings (SSSR count). The molecule has 4 N–H and O–H groups in total. The van der Waals surface area contributed by atoms with Crippen LogP contribution in [0.4, 0.5) is 10.5 Å². The third-order valence-electron chi connectivity index (χ3n) is 9.44. The van der Waals surface area contributed by atoms with E-state index >= 15 is 0 Å². The van der Waals surface area contributed by atoms with E-state index in [0.29, 0.717) is 31.5 Å². The molecule has 0 unspecified atom stereocenters. The molecule has 47 heavy (non-hydrogen) atoms. The number of aromatic amines is 1. The molecule has 1 saturated carbocycles. The quantitative estimate of drug-likeness (QED) is 0.244. The highest BCUT2D eigenvalue weighted by molar-refractivity contribution is 6.62. The maximum atomic E-state index is 13.7. The summed E-state index contributed by atoms with van der Waals surface area (Å²) in [6, 6.07) is 12.5. The van der Waals surface area contributed by atoms with Crippen LogP contribution in [0.2, 0.25) is 0 Å². The molecule has 2 fully saturated rings. The number of rotatable bonds is 9. The van der Waals surface area contributed by atoms with E-state index in [1.54, 1.807) is 6.20 Å². The predicted molar refractivity (Wildman–Crippen MR) is 182 cm³/mol. The molecule has 1 atom stereocenters. The summed E-state index contributed by atoms with van der Waals surface area (Å²) in [4.78, 5) is 39.3. The third-order valence-corrected chi connectivity index (χ3v) is 9.44. The fourth-order valence-electron chi connectivity index (χ4n) is 5.94. The summed E-state index contributed by atoms with van der Waals surface area (Å²) in [7, 11) is -0.486. The van der Waals surface area contributed by atoms with Crippen molar-refractivity contribution in [3.05, 3.63) is 54.2 Å². The van der Waals surface area contributed by atoms with E-state index in [-0.39, 0.29) is 23.7 Å². The number of nitrogens with one attached hydrogen (secondary N) is 4. The van der Waals surface area contributed by atoms with E-state index in [2.05, 4.69) is 26.1 Å². The second kappa shape index (κ2) is 13.7. The first kappa shape index (κ1) is 34.4. The Morgan fingerprint density at radius 3 is 2.30 bits per heavy atom. The number of carbonyl (C=O) groups excluding carboxylic acids is 3. The van der Waals surface area contributed by atoms with Gasteiger partial charge in [0.25, 0.3) is 0 Å². The van der Waals surface area contributed by atoms with Gasteiger partial charge in [-0.05, 0) is 109 Å². The number of aromatic nitrogens is 2. The molecule has 1 saturated heterocycles. The molecule has 1 aliphatic carbocycles. The van der Waals surface area contributed by atoms with Crippen LogP contribution >= 0.6 is 0 Å². The average Bonchev–Trinajstić information content (AvgIpc) is 3.55. The Kier molecular flexibility index (Phi) is 10.0.